The number of carbonyl (C=O) groups is 2. The van der Waals surface area contributed by atoms with Crippen molar-refractivity contribution in [1.29, 1.82) is 0 Å². The number of nitrogens with two attached hydrogens (primary N) is 3. The van der Waals surface area contributed by atoms with Crippen molar-refractivity contribution in [2.45, 2.75) is 90.8 Å². The molecular formula is C32H47N6O2P. The van der Waals surface area contributed by atoms with Gasteiger partial charge < -0.3 is 22.2 Å². The molecule has 2 unspecified atom stereocenters. The number of nitrogens with zero attached hydrogens (tertiary/aromatic N) is 3. The van der Waals surface area contributed by atoms with E-state index in [1.165, 1.54) is 0 Å². The lowest BCUT2D eigenvalue weighted by Gasteiger charge is -2.48. The van der Waals surface area contributed by atoms with Crippen molar-refractivity contribution in [2.24, 2.45) is 38.7 Å². The van der Waals surface area contributed by atoms with E-state index in [1.807, 2.05) is 24.3 Å². The summed E-state index contributed by atoms with van der Waals surface area (Å²) in [4.78, 5) is 30.3. The number of hydrogen-bond acceptors (Lipinski definition) is 5. The van der Waals surface area contributed by atoms with Crippen molar-refractivity contribution in [2.75, 3.05) is 0 Å². The number of benzene rings is 2. The van der Waals surface area contributed by atoms with E-state index >= 15 is 0 Å². The average molecular weight is 579 g/mol. The first kappa shape index (κ1) is 32.3. The Morgan fingerprint density at radius 1 is 1.15 bits per heavy atom. The van der Waals surface area contributed by atoms with E-state index in [1.54, 1.807) is 0 Å². The molecule has 1 aliphatic carbocycles. The van der Waals surface area contributed by atoms with Gasteiger partial charge in [0.15, 0.2) is 0 Å². The molecule has 1 spiro atoms. The van der Waals surface area contributed by atoms with E-state index in [-0.39, 0.29) is 18.4 Å². The molecule has 222 valence electrons. The SMILES string of the molecule is CCCC(c1ccc(C/C(N)=N/N)cc1)N1C(=O)C(c2ccc(P)cc2)=NC12CCC(C(C)(C)CC)CC2.NC=O. The van der Waals surface area contributed by atoms with Crippen LogP contribution in [0.5, 0.6) is 0 Å². The van der Waals surface area contributed by atoms with Crippen molar-refractivity contribution < 1.29 is 9.59 Å². The van der Waals surface area contributed by atoms with Gasteiger partial charge in [0.25, 0.3) is 5.91 Å². The third-order valence-electron chi connectivity index (χ3n) is 8.97. The van der Waals surface area contributed by atoms with Crippen LogP contribution in [0.1, 0.15) is 95.4 Å². The zero-order valence-electron chi connectivity index (χ0n) is 25.0. The number of aliphatic imine (C=N–C) groups is 1. The molecule has 6 N–H and O–H groups in total. The second-order valence-electron chi connectivity index (χ2n) is 11.8. The molecule has 2 amide bonds. The van der Waals surface area contributed by atoms with Gasteiger partial charge in [0, 0.05) is 12.0 Å². The zero-order chi connectivity index (χ0) is 30.2. The van der Waals surface area contributed by atoms with Crippen LogP contribution in [-0.4, -0.2) is 34.4 Å². The lowest BCUT2D eigenvalue weighted by atomic mass is 9.67. The fraction of sp³-hybridized carbons (Fsp3) is 0.500. The van der Waals surface area contributed by atoms with Gasteiger partial charge >= 0.3 is 0 Å². The predicted molar refractivity (Wildman–Crippen MR) is 172 cm³/mol. The maximum Gasteiger partial charge on any atom is 0.275 e. The van der Waals surface area contributed by atoms with Crippen molar-refractivity contribution in [1.82, 2.24) is 4.90 Å². The van der Waals surface area contributed by atoms with E-state index in [9.17, 15) is 4.79 Å². The lowest BCUT2D eigenvalue weighted by Crippen LogP contribution is -2.51. The Hall–Kier alpha value is -3.25. The van der Waals surface area contributed by atoms with E-state index in [2.05, 4.69) is 76.9 Å². The molecule has 2 aliphatic rings. The Labute approximate surface area is 247 Å². The van der Waals surface area contributed by atoms with Crippen LogP contribution >= 0.6 is 9.24 Å². The first-order valence-corrected chi connectivity index (χ1v) is 15.2. The summed E-state index contributed by atoms with van der Waals surface area (Å²) in [6.07, 6.45) is 7.75. The summed E-state index contributed by atoms with van der Waals surface area (Å²) in [7, 11) is 2.72. The largest absolute Gasteiger partial charge is 0.385 e. The summed E-state index contributed by atoms with van der Waals surface area (Å²) in [5.74, 6) is 6.43. The zero-order valence-corrected chi connectivity index (χ0v) is 26.1. The van der Waals surface area contributed by atoms with Crippen LogP contribution in [0.4, 0.5) is 0 Å². The third-order valence-corrected chi connectivity index (χ3v) is 9.35. The van der Waals surface area contributed by atoms with Gasteiger partial charge in [-0.1, -0.05) is 89.1 Å². The Kier molecular flexibility index (Phi) is 11.1. The first-order chi connectivity index (χ1) is 19.5. The van der Waals surface area contributed by atoms with Crippen LogP contribution in [-0.2, 0) is 16.0 Å². The molecule has 0 aromatic heterocycles. The maximum atomic E-state index is 14.3. The fourth-order valence-corrected chi connectivity index (χ4v) is 6.40. The van der Waals surface area contributed by atoms with Gasteiger partial charge in [0.2, 0.25) is 6.41 Å². The van der Waals surface area contributed by atoms with Crippen LogP contribution < -0.4 is 22.6 Å². The minimum Gasteiger partial charge on any atom is -0.385 e. The van der Waals surface area contributed by atoms with Crippen LogP contribution in [0.2, 0.25) is 0 Å². The minimum absolute atomic E-state index is 0.0416. The molecule has 1 saturated carbocycles. The topological polar surface area (TPSA) is 140 Å². The summed E-state index contributed by atoms with van der Waals surface area (Å²) in [5.41, 5.74) is 13.5. The van der Waals surface area contributed by atoms with Crippen LogP contribution in [0.15, 0.2) is 58.6 Å². The first-order valence-electron chi connectivity index (χ1n) is 14.6. The molecule has 2 aromatic rings. The molecule has 4 rings (SSSR count). The quantitative estimate of drug-likeness (QED) is 0.100. The molecule has 1 fully saturated rings. The van der Waals surface area contributed by atoms with Crippen molar-refractivity contribution >= 4 is 38.4 Å². The molecule has 2 aromatic carbocycles. The number of amides is 2. The predicted octanol–water partition coefficient (Wildman–Crippen LogP) is 4.56. The molecular weight excluding hydrogens is 531 g/mol. The number of hydrogen-bond donors (Lipinski definition) is 3. The van der Waals surface area contributed by atoms with E-state index in [0.717, 1.165) is 66.9 Å². The van der Waals surface area contributed by atoms with E-state index in [4.69, 9.17) is 21.4 Å². The molecule has 8 nitrogen and oxygen atoms in total. The summed E-state index contributed by atoms with van der Waals surface area (Å²) in [5, 5.41) is 4.69. The Morgan fingerprint density at radius 3 is 2.24 bits per heavy atom. The van der Waals surface area contributed by atoms with Crippen LogP contribution in [0.25, 0.3) is 0 Å². The molecule has 41 heavy (non-hydrogen) atoms. The second kappa shape index (κ2) is 14.1. The number of primary amides is 1. The highest BCUT2D eigenvalue weighted by Gasteiger charge is 2.52. The van der Waals surface area contributed by atoms with Gasteiger partial charge in [-0.15, -0.1) is 9.24 Å². The smallest absolute Gasteiger partial charge is 0.275 e. The van der Waals surface area contributed by atoms with Crippen LogP contribution in [0, 0.1) is 11.3 Å². The molecule has 0 bridgehead atoms. The Bertz CT molecular complexity index is 1230. The van der Waals surface area contributed by atoms with Crippen molar-refractivity contribution in [3.8, 4) is 0 Å². The van der Waals surface area contributed by atoms with Crippen molar-refractivity contribution in [3.63, 3.8) is 0 Å². The number of rotatable bonds is 9. The molecule has 1 aliphatic heterocycles. The van der Waals surface area contributed by atoms with Crippen LogP contribution in [0.3, 0.4) is 0 Å². The van der Waals surface area contributed by atoms with Gasteiger partial charge in [0.1, 0.15) is 17.2 Å². The molecule has 0 saturated heterocycles. The molecule has 0 radical (unpaired) electrons. The summed E-state index contributed by atoms with van der Waals surface area (Å²) >= 11 is 0. The molecule has 1 heterocycles. The van der Waals surface area contributed by atoms with Gasteiger partial charge in [0.05, 0.1) is 6.04 Å². The van der Waals surface area contributed by atoms with E-state index in [0.29, 0.717) is 29.3 Å². The molecule has 9 heteroatoms. The normalized spacial score (nSPS) is 21.7. The Balaban J connectivity index is 0.00000147. The fourth-order valence-electron chi connectivity index (χ4n) is 6.21. The van der Waals surface area contributed by atoms with Gasteiger partial charge in [-0.2, -0.15) is 5.10 Å². The average Bonchev–Trinajstić information content (AvgIpc) is 3.24. The molecule has 2 atom stereocenters. The van der Waals surface area contributed by atoms with Gasteiger partial charge in [-0.05, 0) is 59.9 Å². The summed E-state index contributed by atoms with van der Waals surface area (Å²) in [6.45, 7) is 9.24. The monoisotopic (exact) mass is 578 g/mol. The summed E-state index contributed by atoms with van der Waals surface area (Å²) < 4.78 is 0. The van der Waals surface area contributed by atoms with Gasteiger partial charge in [-0.25, -0.2) is 0 Å². The number of hydrazone groups is 1. The standard InChI is InChI=1S/C31H44N5OP.CH3NO/c1-5-7-26(22-10-8-21(9-11-22)20-27(32)35-33)36-29(37)28(23-12-14-25(38)15-13-23)34-31(36)18-16-24(17-19-31)30(3,4)6-2;2-1-3/h8-15,24,26H,5-7,16-20,33,38H2,1-4H3,(H2,32,35);1H,(H2,2,3). The van der Waals surface area contributed by atoms with E-state index < -0.39 is 5.66 Å². The highest BCUT2D eigenvalue weighted by Crippen LogP contribution is 2.50. The highest BCUT2D eigenvalue weighted by molar-refractivity contribution is 7.27. The third kappa shape index (κ3) is 7.34. The second-order valence-corrected chi connectivity index (χ2v) is 12.5. The lowest BCUT2D eigenvalue weighted by molar-refractivity contribution is -0.133. The van der Waals surface area contributed by atoms with Gasteiger partial charge in [-0.3, -0.25) is 14.6 Å². The Morgan fingerprint density at radius 2 is 1.73 bits per heavy atom. The highest BCUT2D eigenvalue weighted by atomic mass is 31.0. The number of carbonyl (C=O) groups excluding carboxylic acids is 2. The maximum absolute atomic E-state index is 14.3. The minimum atomic E-state index is -0.498. The summed E-state index contributed by atoms with van der Waals surface area (Å²) in [6, 6.07) is 16.5. The van der Waals surface area contributed by atoms with Crippen molar-refractivity contribution in [3.05, 3.63) is 65.2 Å². The number of amidine groups is 1.